The topological polar surface area (TPSA) is 69.7 Å². The Morgan fingerprint density at radius 3 is 2.45 bits per heavy atom. The summed E-state index contributed by atoms with van der Waals surface area (Å²) in [5, 5.41) is 2.75. The fourth-order valence-electron chi connectivity index (χ4n) is 2.62. The van der Waals surface area contributed by atoms with Gasteiger partial charge in [-0.3, -0.25) is 4.79 Å². The molecule has 1 aromatic rings. The van der Waals surface area contributed by atoms with Gasteiger partial charge in [-0.2, -0.15) is 17.0 Å². The van der Waals surface area contributed by atoms with Crippen molar-refractivity contribution >= 4 is 21.8 Å². The summed E-state index contributed by atoms with van der Waals surface area (Å²) in [5.41, 5.74) is 1.51. The molecule has 1 N–H and O–H groups in total. The summed E-state index contributed by atoms with van der Waals surface area (Å²) in [4.78, 5) is 11.9. The monoisotopic (exact) mass is 295 g/mol. The van der Waals surface area contributed by atoms with Gasteiger partial charge in [0.1, 0.15) is 0 Å². The molecule has 3 rings (SSSR count). The summed E-state index contributed by atoms with van der Waals surface area (Å²) in [5.74, 6) is -0.294. The largest absolute Gasteiger partial charge is 0.325 e. The quantitative estimate of drug-likeness (QED) is 0.876. The summed E-state index contributed by atoms with van der Waals surface area (Å²) in [7, 11) is -3.55. The molecular weight excluding hydrogens is 278 g/mol. The number of fused-ring (bicyclic) bond motifs is 1. The zero-order chi connectivity index (χ0) is 14.2. The molecule has 1 saturated heterocycles. The first-order chi connectivity index (χ1) is 9.57. The van der Waals surface area contributed by atoms with Crippen LogP contribution in [0.2, 0.25) is 0 Å². The lowest BCUT2D eigenvalue weighted by Gasteiger charge is -2.25. The molecule has 20 heavy (non-hydrogen) atoms. The van der Waals surface area contributed by atoms with Gasteiger partial charge in [0.15, 0.2) is 0 Å². The van der Waals surface area contributed by atoms with Crippen LogP contribution >= 0.6 is 0 Å². The molecule has 0 bridgehead atoms. The molecule has 0 spiro atoms. The fourth-order valence-corrected chi connectivity index (χ4v) is 4.25. The molecule has 2 aliphatic rings. The van der Waals surface area contributed by atoms with Crippen molar-refractivity contribution in [1.82, 2.24) is 8.61 Å². The van der Waals surface area contributed by atoms with Gasteiger partial charge < -0.3 is 5.32 Å². The normalized spacial score (nSPS) is 21.3. The summed E-state index contributed by atoms with van der Waals surface area (Å²) >= 11 is 0. The van der Waals surface area contributed by atoms with E-state index in [9.17, 15) is 13.2 Å². The molecule has 0 unspecified atom stereocenters. The van der Waals surface area contributed by atoms with Crippen LogP contribution in [0.4, 0.5) is 5.69 Å². The zero-order valence-corrected chi connectivity index (χ0v) is 11.9. The minimum absolute atomic E-state index is 0.131. The second-order valence-corrected chi connectivity index (χ2v) is 7.02. The van der Waals surface area contributed by atoms with Crippen molar-refractivity contribution in [3.63, 3.8) is 0 Å². The smallest absolute Gasteiger partial charge is 0.282 e. The zero-order valence-electron chi connectivity index (χ0n) is 11.1. The predicted octanol–water partition coefficient (Wildman–Crippen LogP) is 0.781. The second kappa shape index (κ2) is 5.16. The number of carbonyl (C=O) groups is 1. The number of nitrogens with zero attached hydrogens (tertiary/aromatic N) is 2. The summed E-state index contributed by atoms with van der Waals surface area (Å²) in [6.07, 6.45) is 1.77. The van der Waals surface area contributed by atoms with Gasteiger partial charge in [-0.25, -0.2) is 0 Å². The van der Waals surface area contributed by atoms with Crippen molar-refractivity contribution < 1.29 is 13.2 Å². The van der Waals surface area contributed by atoms with Gasteiger partial charge in [-0.05, 0) is 24.5 Å². The number of para-hydroxylation sites is 1. The van der Waals surface area contributed by atoms with E-state index in [0.29, 0.717) is 18.8 Å². The molecule has 1 aromatic carbocycles. The molecule has 108 valence electrons. The molecule has 0 radical (unpaired) electrons. The highest BCUT2D eigenvalue weighted by atomic mass is 32.2. The van der Waals surface area contributed by atoms with E-state index in [0.717, 1.165) is 18.4 Å². The molecule has 0 atom stereocenters. The van der Waals surface area contributed by atoms with Gasteiger partial charge in [0.2, 0.25) is 5.91 Å². The van der Waals surface area contributed by atoms with Crippen LogP contribution < -0.4 is 5.32 Å². The van der Waals surface area contributed by atoms with E-state index >= 15 is 0 Å². The lowest BCUT2D eigenvalue weighted by atomic mass is 10.2. The minimum Gasteiger partial charge on any atom is -0.325 e. The predicted molar refractivity (Wildman–Crippen MR) is 75.2 cm³/mol. The maximum Gasteiger partial charge on any atom is 0.282 e. The summed E-state index contributed by atoms with van der Waals surface area (Å²) < 4.78 is 27.9. The van der Waals surface area contributed by atoms with Gasteiger partial charge in [-0.1, -0.05) is 18.2 Å². The number of anilines is 1. The number of hydrogen-bond donors (Lipinski definition) is 1. The number of hydrogen-bond acceptors (Lipinski definition) is 3. The average molecular weight is 295 g/mol. The number of amides is 1. The van der Waals surface area contributed by atoms with Crippen molar-refractivity contribution in [3.05, 3.63) is 29.8 Å². The Morgan fingerprint density at radius 1 is 1.00 bits per heavy atom. The van der Waals surface area contributed by atoms with Crippen LogP contribution in [-0.4, -0.2) is 42.6 Å². The Morgan fingerprint density at radius 2 is 1.70 bits per heavy atom. The molecule has 1 fully saturated rings. The van der Waals surface area contributed by atoms with E-state index in [2.05, 4.69) is 5.32 Å². The number of rotatable bonds is 2. The Bertz CT molecular complexity index is 624. The first kappa shape index (κ1) is 13.5. The standard InChI is InChI=1S/C13H17N3O3S/c17-13-10-16(20(18,19)15-7-3-4-8-15)9-11-5-1-2-6-12(11)14-13/h1-2,5-6H,3-4,7-10H2,(H,14,17). The third-order valence-electron chi connectivity index (χ3n) is 3.68. The highest BCUT2D eigenvalue weighted by Crippen LogP contribution is 2.24. The lowest BCUT2D eigenvalue weighted by Crippen LogP contribution is -2.44. The van der Waals surface area contributed by atoms with E-state index in [4.69, 9.17) is 0 Å². The van der Waals surface area contributed by atoms with E-state index in [1.165, 1.54) is 8.61 Å². The Hall–Kier alpha value is -1.44. The van der Waals surface area contributed by atoms with Crippen molar-refractivity contribution in [2.75, 3.05) is 25.0 Å². The highest BCUT2D eigenvalue weighted by Gasteiger charge is 2.34. The number of nitrogens with one attached hydrogen (secondary N) is 1. The second-order valence-electron chi connectivity index (χ2n) is 5.09. The third-order valence-corrected chi connectivity index (χ3v) is 5.60. The number of benzene rings is 1. The third kappa shape index (κ3) is 2.44. The van der Waals surface area contributed by atoms with Crippen molar-refractivity contribution in [3.8, 4) is 0 Å². The molecule has 2 heterocycles. The average Bonchev–Trinajstić information content (AvgIpc) is 2.89. The maximum atomic E-state index is 12.6. The molecule has 7 heteroatoms. The van der Waals surface area contributed by atoms with Crippen LogP contribution in [0.25, 0.3) is 0 Å². The van der Waals surface area contributed by atoms with Crippen molar-refractivity contribution in [2.45, 2.75) is 19.4 Å². The van der Waals surface area contributed by atoms with Gasteiger partial charge in [-0.15, -0.1) is 0 Å². The van der Waals surface area contributed by atoms with E-state index in [-0.39, 0.29) is 19.0 Å². The Kier molecular flexibility index (Phi) is 3.49. The first-order valence-electron chi connectivity index (χ1n) is 6.70. The van der Waals surface area contributed by atoms with Crippen LogP contribution in [0.3, 0.4) is 0 Å². The van der Waals surface area contributed by atoms with Crippen molar-refractivity contribution in [2.24, 2.45) is 0 Å². The molecular formula is C13H17N3O3S. The van der Waals surface area contributed by atoms with Crippen LogP contribution in [0.15, 0.2) is 24.3 Å². The van der Waals surface area contributed by atoms with Gasteiger partial charge in [0.05, 0.1) is 6.54 Å². The molecule has 0 aromatic heterocycles. The molecule has 0 aliphatic carbocycles. The summed E-state index contributed by atoms with van der Waals surface area (Å²) in [6, 6.07) is 7.30. The Balaban J connectivity index is 1.92. The lowest BCUT2D eigenvalue weighted by molar-refractivity contribution is -0.116. The fraction of sp³-hybridized carbons (Fsp3) is 0.462. The number of carbonyl (C=O) groups excluding carboxylic acids is 1. The van der Waals surface area contributed by atoms with Gasteiger partial charge in [0, 0.05) is 25.3 Å². The van der Waals surface area contributed by atoms with Crippen LogP contribution in [0.1, 0.15) is 18.4 Å². The molecule has 6 nitrogen and oxygen atoms in total. The van der Waals surface area contributed by atoms with E-state index in [1.54, 1.807) is 6.07 Å². The van der Waals surface area contributed by atoms with Crippen LogP contribution in [-0.2, 0) is 21.5 Å². The SMILES string of the molecule is O=C1CN(S(=O)(=O)N2CCCC2)Cc2ccccc2N1. The van der Waals surface area contributed by atoms with Gasteiger partial charge >= 0.3 is 0 Å². The minimum atomic E-state index is -3.55. The molecule has 2 aliphatic heterocycles. The van der Waals surface area contributed by atoms with Crippen LogP contribution in [0, 0.1) is 0 Å². The van der Waals surface area contributed by atoms with Crippen LogP contribution in [0.5, 0.6) is 0 Å². The van der Waals surface area contributed by atoms with E-state index in [1.807, 2.05) is 18.2 Å². The van der Waals surface area contributed by atoms with E-state index < -0.39 is 10.2 Å². The Labute approximate surface area is 118 Å². The molecule has 0 saturated carbocycles. The highest BCUT2D eigenvalue weighted by molar-refractivity contribution is 7.86. The summed E-state index contributed by atoms with van der Waals surface area (Å²) in [6.45, 7) is 1.19. The van der Waals surface area contributed by atoms with Gasteiger partial charge in [0.25, 0.3) is 10.2 Å². The molecule has 1 amide bonds. The first-order valence-corrected chi connectivity index (χ1v) is 8.10. The maximum absolute atomic E-state index is 12.6. The van der Waals surface area contributed by atoms with Crippen molar-refractivity contribution in [1.29, 1.82) is 0 Å².